The summed E-state index contributed by atoms with van der Waals surface area (Å²) in [6.45, 7) is 0. The largest absolute Gasteiger partial charge is 0.330 e. The predicted molar refractivity (Wildman–Crippen MR) is 83.7 cm³/mol. The molecule has 4 aromatic rings. The first-order chi connectivity index (χ1) is 10.2. The van der Waals surface area contributed by atoms with E-state index in [1.165, 1.54) is 12.1 Å². The van der Waals surface area contributed by atoms with E-state index in [1.807, 2.05) is 35.0 Å². The Morgan fingerprint density at radius 2 is 2.05 bits per heavy atom. The molecule has 0 unspecified atom stereocenters. The monoisotopic (exact) mass is 295 g/mol. The fourth-order valence-electron chi connectivity index (χ4n) is 2.62. The van der Waals surface area contributed by atoms with E-state index in [-0.39, 0.29) is 5.82 Å². The maximum atomic E-state index is 13.4. The summed E-state index contributed by atoms with van der Waals surface area (Å²) in [4.78, 5) is 7.24. The van der Waals surface area contributed by atoms with E-state index in [2.05, 4.69) is 9.97 Å². The summed E-state index contributed by atoms with van der Waals surface area (Å²) < 4.78 is 15.8. The number of H-pyrrole nitrogens is 1. The van der Waals surface area contributed by atoms with Crippen LogP contribution in [0.5, 0.6) is 0 Å². The average Bonchev–Trinajstić information content (AvgIpc) is 2.81. The number of nitrogens with zero attached hydrogens (tertiary/aromatic N) is 2. The van der Waals surface area contributed by atoms with Gasteiger partial charge in [0.15, 0.2) is 4.77 Å². The molecule has 0 fully saturated rings. The van der Waals surface area contributed by atoms with Gasteiger partial charge in [0, 0.05) is 17.8 Å². The number of hydrogen-bond donors (Lipinski definition) is 1. The normalized spacial score (nSPS) is 11.3. The van der Waals surface area contributed by atoms with Gasteiger partial charge in [0.25, 0.3) is 0 Å². The van der Waals surface area contributed by atoms with Gasteiger partial charge in [0.1, 0.15) is 5.82 Å². The molecule has 102 valence electrons. The standard InChI is InChI=1S/C16H10FN3S/c17-11-4-5-15-13(8-11)19-16(21)20(15)14-3-1-2-10-6-7-18-9-12(10)14/h1-9H,(H,19,21). The molecule has 0 atom stereocenters. The van der Waals surface area contributed by atoms with Crippen LogP contribution >= 0.6 is 12.2 Å². The highest BCUT2D eigenvalue weighted by Crippen LogP contribution is 2.26. The second-order valence-electron chi connectivity index (χ2n) is 4.80. The van der Waals surface area contributed by atoms with Gasteiger partial charge in [-0.2, -0.15) is 0 Å². The fraction of sp³-hybridized carbons (Fsp3) is 0. The van der Waals surface area contributed by atoms with Crippen molar-refractivity contribution < 1.29 is 4.39 Å². The van der Waals surface area contributed by atoms with Gasteiger partial charge in [-0.3, -0.25) is 9.55 Å². The Morgan fingerprint density at radius 1 is 1.14 bits per heavy atom. The Labute approximate surface area is 124 Å². The van der Waals surface area contributed by atoms with Gasteiger partial charge in [-0.05, 0) is 47.9 Å². The second-order valence-corrected chi connectivity index (χ2v) is 5.19. The highest BCUT2D eigenvalue weighted by Gasteiger charge is 2.10. The third-order valence-corrected chi connectivity index (χ3v) is 3.83. The van der Waals surface area contributed by atoms with E-state index in [0.29, 0.717) is 10.3 Å². The smallest absolute Gasteiger partial charge is 0.182 e. The van der Waals surface area contributed by atoms with E-state index in [4.69, 9.17) is 12.2 Å². The van der Waals surface area contributed by atoms with Crippen LogP contribution in [-0.2, 0) is 0 Å². The van der Waals surface area contributed by atoms with Crippen LogP contribution in [0, 0.1) is 10.6 Å². The minimum atomic E-state index is -0.287. The first-order valence-electron chi connectivity index (χ1n) is 6.47. The van der Waals surface area contributed by atoms with E-state index in [0.717, 1.165) is 22.0 Å². The van der Waals surface area contributed by atoms with Crippen molar-refractivity contribution in [2.24, 2.45) is 0 Å². The van der Waals surface area contributed by atoms with Crippen molar-refractivity contribution in [3.05, 3.63) is 65.4 Å². The Hall–Kier alpha value is -2.53. The molecule has 0 spiro atoms. The van der Waals surface area contributed by atoms with E-state index < -0.39 is 0 Å². The van der Waals surface area contributed by atoms with Gasteiger partial charge in [-0.25, -0.2) is 4.39 Å². The molecule has 2 heterocycles. The average molecular weight is 295 g/mol. The van der Waals surface area contributed by atoms with E-state index in [9.17, 15) is 4.39 Å². The maximum absolute atomic E-state index is 13.4. The van der Waals surface area contributed by atoms with Crippen LogP contribution in [0.25, 0.3) is 27.5 Å². The summed E-state index contributed by atoms with van der Waals surface area (Å²) in [6, 6.07) is 12.6. The molecule has 4 rings (SSSR count). The van der Waals surface area contributed by atoms with Crippen LogP contribution in [0.3, 0.4) is 0 Å². The van der Waals surface area contributed by atoms with Crippen LogP contribution in [-0.4, -0.2) is 14.5 Å². The Bertz CT molecular complexity index is 1030. The molecule has 0 aliphatic heterocycles. The Morgan fingerprint density at radius 3 is 2.95 bits per heavy atom. The zero-order chi connectivity index (χ0) is 14.4. The van der Waals surface area contributed by atoms with Gasteiger partial charge in [0.2, 0.25) is 0 Å². The van der Waals surface area contributed by atoms with Crippen molar-refractivity contribution in [2.75, 3.05) is 0 Å². The lowest BCUT2D eigenvalue weighted by molar-refractivity contribution is 0.629. The molecule has 0 bridgehead atoms. The lowest BCUT2D eigenvalue weighted by Crippen LogP contribution is -1.95. The summed E-state index contributed by atoms with van der Waals surface area (Å²) in [6.07, 6.45) is 3.57. The van der Waals surface area contributed by atoms with Crippen LogP contribution in [0.2, 0.25) is 0 Å². The number of pyridine rings is 1. The number of fused-ring (bicyclic) bond motifs is 2. The number of aromatic nitrogens is 3. The molecule has 21 heavy (non-hydrogen) atoms. The van der Waals surface area contributed by atoms with Crippen molar-refractivity contribution in [3.8, 4) is 5.69 Å². The summed E-state index contributed by atoms with van der Waals surface area (Å²) in [5.74, 6) is -0.287. The third-order valence-electron chi connectivity index (χ3n) is 3.55. The summed E-state index contributed by atoms with van der Waals surface area (Å²) in [5.41, 5.74) is 2.46. The number of rotatable bonds is 1. The molecule has 5 heteroatoms. The van der Waals surface area contributed by atoms with Crippen LogP contribution in [0.1, 0.15) is 0 Å². The van der Waals surface area contributed by atoms with E-state index in [1.54, 1.807) is 12.3 Å². The molecule has 3 nitrogen and oxygen atoms in total. The minimum Gasteiger partial charge on any atom is -0.330 e. The highest BCUT2D eigenvalue weighted by atomic mass is 32.1. The molecule has 1 N–H and O–H groups in total. The Kier molecular flexibility index (Phi) is 2.62. The molecule has 0 saturated carbocycles. The number of hydrogen-bond acceptors (Lipinski definition) is 2. The molecule has 2 aromatic heterocycles. The molecule has 0 saturated heterocycles. The lowest BCUT2D eigenvalue weighted by Gasteiger charge is -2.08. The molecular weight excluding hydrogens is 285 g/mol. The molecule has 2 aromatic carbocycles. The highest BCUT2D eigenvalue weighted by molar-refractivity contribution is 7.71. The van der Waals surface area contributed by atoms with Crippen molar-refractivity contribution in [2.45, 2.75) is 0 Å². The van der Waals surface area contributed by atoms with Crippen LogP contribution in [0.4, 0.5) is 4.39 Å². The number of benzene rings is 2. The molecule has 0 amide bonds. The third kappa shape index (κ3) is 1.86. The Balaban J connectivity index is 2.14. The van der Waals surface area contributed by atoms with Crippen LogP contribution in [0.15, 0.2) is 54.9 Å². The molecule has 0 radical (unpaired) electrons. The number of halogens is 1. The first kappa shape index (κ1) is 12.2. The van der Waals surface area contributed by atoms with Crippen LogP contribution < -0.4 is 0 Å². The molecule has 0 aliphatic rings. The molecule has 0 aliphatic carbocycles. The van der Waals surface area contributed by atoms with Gasteiger partial charge < -0.3 is 4.98 Å². The lowest BCUT2D eigenvalue weighted by atomic mass is 10.1. The van der Waals surface area contributed by atoms with Crippen molar-refractivity contribution in [1.29, 1.82) is 0 Å². The zero-order valence-electron chi connectivity index (χ0n) is 10.9. The predicted octanol–water partition coefficient (Wildman–Crippen LogP) is 4.38. The zero-order valence-corrected chi connectivity index (χ0v) is 11.7. The van der Waals surface area contributed by atoms with Gasteiger partial charge in [-0.1, -0.05) is 12.1 Å². The van der Waals surface area contributed by atoms with Crippen molar-refractivity contribution >= 4 is 34.0 Å². The minimum absolute atomic E-state index is 0.287. The summed E-state index contributed by atoms with van der Waals surface area (Å²) in [5, 5.41) is 2.09. The molecular formula is C16H10FN3S. The van der Waals surface area contributed by atoms with Crippen molar-refractivity contribution in [1.82, 2.24) is 14.5 Å². The second kappa shape index (κ2) is 4.49. The number of imidazole rings is 1. The maximum Gasteiger partial charge on any atom is 0.182 e. The quantitative estimate of drug-likeness (QED) is 0.529. The topological polar surface area (TPSA) is 33.6 Å². The number of aromatic amines is 1. The van der Waals surface area contributed by atoms with Gasteiger partial charge in [0.05, 0.1) is 16.7 Å². The van der Waals surface area contributed by atoms with Gasteiger partial charge in [-0.15, -0.1) is 0 Å². The van der Waals surface area contributed by atoms with Crippen molar-refractivity contribution in [3.63, 3.8) is 0 Å². The first-order valence-corrected chi connectivity index (χ1v) is 6.88. The van der Waals surface area contributed by atoms with E-state index >= 15 is 0 Å². The summed E-state index contributed by atoms with van der Waals surface area (Å²) in [7, 11) is 0. The summed E-state index contributed by atoms with van der Waals surface area (Å²) >= 11 is 5.41. The fourth-order valence-corrected chi connectivity index (χ4v) is 2.92. The SMILES string of the molecule is Fc1ccc2c(c1)[nH]c(=S)n2-c1cccc2ccncc12. The number of nitrogens with one attached hydrogen (secondary N) is 1. The van der Waals surface area contributed by atoms with Gasteiger partial charge >= 0.3 is 0 Å².